The monoisotopic (exact) mass is 316 g/mol. The maximum atomic E-state index is 12.4. The second kappa shape index (κ2) is 5.73. The third-order valence-electron chi connectivity index (χ3n) is 3.29. The number of carbonyl (C=O) groups excluding carboxylic acids is 1. The Morgan fingerprint density at radius 1 is 1.23 bits per heavy atom. The number of halogens is 1. The maximum absolute atomic E-state index is 12.4. The molecule has 0 radical (unpaired) electrons. The van der Waals surface area contributed by atoms with Gasteiger partial charge in [-0.3, -0.25) is 0 Å². The number of hydrogen-bond acceptors (Lipinski definition) is 4. The first kappa shape index (κ1) is 14.5. The summed E-state index contributed by atoms with van der Waals surface area (Å²) in [4.78, 5) is 12.4. The van der Waals surface area contributed by atoms with Gasteiger partial charge in [-0.25, -0.2) is 4.79 Å². The number of fused-ring (bicyclic) bond motifs is 1. The highest BCUT2D eigenvalue weighted by Crippen LogP contribution is 2.41. The average molecular weight is 317 g/mol. The van der Waals surface area contributed by atoms with Crippen molar-refractivity contribution in [3.8, 4) is 17.1 Å². The first-order valence-corrected chi connectivity index (χ1v) is 7.17. The maximum Gasteiger partial charge on any atom is 0.342 e. The Labute approximate surface area is 131 Å². The lowest BCUT2D eigenvalue weighted by Crippen LogP contribution is -2.05. The SMILES string of the molecule is CCOC(=O)c1c(-c2ccccc2)oc2ccc(O)c(Cl)c12. The zero-order chi connectivity index (χ0) is 15.7. The molecule has 0 amide bonds. The van der Waals surface area contributed by atoms with Gasteiger partial charge in [0.25, 0.3) is 0 Å². The number of carbonyl (C=O) groups is 1. The van der Waals surface area contributed by atoms with Gasteiger partial charge < -0.3 is 14.3 Å². The van der Waals surface area contributed by atoms with Crippen molar-refractivity contribution in [2.24, 2.45) is 0 Å². The summed E-state index contributed by atoms with van der Waals surface area (Å²) < 4.78 is 10.9. The molecule has 3 aromatic rings. The van der Waals surface area contributed by atoms with Crippen LogP contribution in [0.25, 0.3) is 22.3 Å². The minimum atomic E-state index is -0.535. The number of phenols is 1. The highest BCUT2D eigenvalue weighted by molar-refractivity contribution is 6.38. The minimum absolute atomic E-state index is 0.0754. The quantitative estimate of drug-likeness (QED) is 0.715. The highest BCUT2D eigenvalue weighted by atomic mass is 35.5. The number of esters is 1. The standard InChI is InChI=1S/C17H13ClO4/c1-2-21-17(20)14-13-12(9-8-11(19)15(13)18)22-16(14)10-6-4-3-5-7-10/h3-9,19H,2H2,1H3. The van der Waals surface area contributed by atoms with Crippen LogP contribution in [0.4, 0.5) is 0 Å². The molecule has 0 atom stereocenters. The first-order valence-electron chi connectivity index (χ1n) is 6.80. The second-order valence-electron chi connectivity index (χ2n) is 4.66. The van der Waals surface area contributed by atoms with Crippen LogP contribution in [0.2, 0.25) is 5.02 Å². The van der Waals surface area contributed by atoms with E-state index >= 15 is 0 Å². The van der Waals surface area contributed by atoms with Gasteiger partial charge >= 0.3 is 5.97 Å². The van der Waals surface area contributed by atoms with Crippen molar-refractivity contribution in [1.29, 1.82) is 0 Å². The Bertz CT molecular complexity index is 837. The fraction of sp³-hybridized carbons (Fsp3) is 0.118. The number of benzene rings is 2. The Morgan fingerprint density at radius 2 is 1.95 bits per heavy atom. The summed E-state index contributed by atoms with van der Waals surface area (Å²) in [6, 6.07) is 12.2. The molecule has 0 spiro atoms. The van der Waals surface area contributed by atoms with Crippen molar-refractivity contribution >= 4 is 28.5 Å². The molecule has 3 rings (SSSR count). The molecule has 0 aliphatic carbocycles. The van der Waals surface area contributed by atoms with Crippen LogP contribution in [0.5, 0.6) is 5.75 Å². The summed E-state index contributed by atoms with van der Waals surface area (Å²) in [5, 5.41) is 10.2. The van der Waals surface area contributed by atoms with E-state index < -0.39 is 5.97 Å². The number of rotatable bonds is 3. The van der Waals surface area contributed by atoms with E-state index in [-0.39, 0.29) is 22.9 Å². The van der Waals surface area contributed by atoms with Crippen LogP contribution in [-0.4, -0.2) is 17.7 Å². The van der Waals surface area contributed by atoms with E-state index in [1.165, 1.54) is 6.07 Å². The van der Waals surface area contributed by atoms with Crippen LogP contribution in [0.1, 0.15) is 17.3 Å². The van der Waals surface area contributed by atoms with E-state index in [4.69, 9.17) is 20.8 Å². The molecule has 1 aromatic heterocycles. The number of hydrogen-bond donors (Lipinski definition) is 1. The number of furan rings is 1. The molecule has 0 bridgehead atoms. The molecule has 1 heterocycles. The van der Waals surface area contributed by atoms with E-state index in [1.807, 2.05) is 30.3 Å². The molecule has 0 aliphatic rings. The summed E-state index contributed by atoms with van der Waals surface area (Å²) in [6.45, 7) is 1.96. The van der Waals surface area contributed by atoms with Gasteiger partial charge in [-0.05, 0) is 19.1 Å². The first-order chi connectivity index (χ1) is 10.6. The van der Waals surface area contributed by atoms with Crippen molar-refractivity contribution in [2.45, 2.75) is 6.92 Å². The molecule has 1 N–H and O–H groups in total. The predicted octanol–water partition coefficient (Wildman–Crippen LogP) is 4.64. The largest absolute Gasteiger partial charge is 0.506 e. The molecule has 0 aliphatic heterocycles. The van der Waals surface area contributed by atoms with Gasteiger partial charge in [0.1, 0.15) is 22.7 Å². The number of phenolic OH excluding ortho intramolecular Hbond substituents is 1. The van der Waals surface area contributed by atoms with Gasteiger partial charge in [-0.15, -0.1) is 0 Å². The van der Waals surface area contributed by atoms with Crippen molar-refractivity contribution in [2.75, 3.05) is 6.61 Å². The molecule has 0 saturated carbocycles. The molecular formula is C17H13ClO4. The van der Waals surface area contributed by atoms with E-state index in [9.17, 15) is 9.90 Å². The Hall–Kier alpha value is -2.46. The molecule has 0 saturated heterocycles. The van der Waals surface area contributed by atoms with Gasteiger partial charge in [-0.2, -0.15) is 0 Å². The van der Waals surface area contributed by atoms with Gasteiger partial charge in [0, 0.05) is 5.56 Å². The van der Waals surface area contributed by atoms with E-state index in [0.717, 1.165) is 5.56 Å². The topological polar surface area (TPSA) is 59.7 Å². The third kappa shape index (κ3) is 2.31. The normalized spacial score (nSPS) is 10.8. The molecule has 0 unspecified atom stereocenters. The summed E-state index contributed by atoms with van der Waals surface area (Å²) in [7, 11) is 0. The minimum Gasteiger partial charge on any atom is -0.506 e. The smallest absolute Gasteiger partial charge is 0.342 e. The molecule has 5 heteroatoms. The van der Waals surface area contributed by atoms with Gasteiger partial charge in [0.05, 0.1) is 17.0 Å². The van der Waals surface area contributed by atoms with Crippen LogP contribution in [0.3, 0.4) is 0 Å². The predicted molar refractivity (Wildman–Crippen MR) is 84.3 cm³/mol. The van der Waals surface area contributed by atoms with E-state index in [1.54, 1.807) is 13.0 Å². The Morgan fingerprint density at radius 3 is 2.64 bits per heavy atom. The molecule has 4 nitrogen and oxygen atoms in total. The average Bonchev–Trinajstić information content (AvgIpc) is 2.92. The van der Waals surface area contributed by atoms with Gasteiger partial charge in [0.15, 0.2) is 0 Å². The lowest BCUT2D eigenvalue weighted by Gasteiger charge is -2.04. The summed E-state index contributed by atoms with van der Waals surface area (Å²) >= 11 is 6.16. The molecule has 112 valence electrons. The molecule has 2 aromatic carbocycles. The molecule has 0 fully saturated rings. The van der Waals surface area contributed by atoms with E-state index in [2.05, 4.69) is 0 Å². The zero-order valence-electron chi connectivity index (χ0n) is 11.8. The van der Waals surface area contributed by atoms with Gasteiger partial charge in [0.2, 0.25) is 0 Å². The number of ether oxygens (including phenoxy) is 1. The highest BCUT2D eigenvalue weighted by Gasteiger charge is 2.26. The van der Waals surface area contributed by atoms with Crippen LogP contribution in [0, 0.1) is 0 Å². The fourth-order valence-corrected chi connectivity index (χ4v) is 2.58. The van der Waals surface area contributed by atoms with Crippen LogP contribution >= 0.6 is 11.6 Å². The van der Waals surface area contributed by atoms with Crippen LogP contribution < -0.4 is 0 Å². The summed E-state index contributed by atoms with van der Waals surface area (Å²) in [5.74, 6) is -0.269. The Kier molecular flexibility index (Phi) is 3.77. The molecule has 22 heavy (non-hydrogen) atoms. The number of aromatic hydroxyl groups is 1. The molecular weight excluding hydrogens is 304 g/mol. The van der Waals surface area contributed by atoms with Gasteiger partial charge in [-0.1, -0.05) is 41.9 Å². The lowest BCUT2D eigenvalue weighted by atomic mass is 10.1. The second-order valence-corrected chi connectivity index (χ2v) is 5.04. The van der Waals surface area contributed by atoms with Crippen molar-refractivity contribution in [1.82, 2.24) is 0 Å². The summed E-state index contributed by atoms with van der Waals surface area (Å²) in [6.07, 6.45) is 0. The van der Waals surface area contributed by atoms with Crippen LogP contribution in [-0.2, 0) is 4.74 Å². The lowest BCUT2D eigenvalue weighted by molar-refractivity contribution is 0.0529. The zero-order valence-corrected chi connectivity index (χ0v) is 12.6. The fourth-order valence-electron chi connectivity index (χ4n) is 2.33. The van der Waals surface area contributed by atoms with Crippen molar-refractivity contribution in [3.63, 3.8) is 0 Å². The summed E-state index contributed by atoms with van der Waals surface area (Å²) in [5.41, 5.74) is 1.38. The third-order valence-corrected chi connectivity index (χ3v) is 3.67. The van der Waals surface area contributed by atoms with E-state index in [0.29, 0.717) is 16.7 Å². The van der Waals surface area contributed by atoms with Crippen molar-refractivity contribution in [3.05, 3.63) is 53.1 Å². The van der Waals surface area contributed by atoms with Crippen molar-refractivity contribution < 1.29 is 19.1 Å². The Balaban J connectivity index is 2.35. The van der Waals surface area contributed by atoms with Crippen LogP contribution in [0.15, 0.2) is 46.9 Å².